The van der Waals surface area contributed by atoms with Gasteiger partial charge in [-0.25, -0.2) is 9.36 Å². The number of carbonyl (C=O) groups is 2. The molecule has 0 aliphatic rings. The molecule has 1 rings (SSSR count). The highest BCUT2D eigenvalue weighted by Crippen LogP contribution is 2.35. The summed E-state index contributed by atoms with van der Waals surface area (Å²) in [4.78, 5) is 37.3. The van der Waals surface area contributed by atoms with Crippen LogP contribution >= 0.6 is 12.2 Å². The third-order valence-electron chi connectivity index (χ3n) is 5.49. The zero-order chi connectivity index (χ0) is 22.2. The van der Waals surface area contributed by atoms with Gasteiger partial charge >= 0.3 is 11.7 Å². The molecule has 0 aliphatic carbocycles. The van der Waals surface area contributed by atoms with Crippen molar-refractivity contribution in [1.82, 2.24) is 9.13 Å². The Labute approximate surface area is 179 Å². The number of nitrogens with zero attached hydrogens (tertiary/aromatic N) is 2. The molecule has 0 radical (unpaired) electrons. The highest BCUT2D eigenvalue weighted by Gasteiger charge is 2.38. The lowest BCUT2D eigenvalue weighted by Gasteiger charge is -2.32. The van der Waals surface area contributed by atoms with Crippen LogP contribution in [0.4, 0.5) is 0 Å². The van der Waals surface area contributed by atoms with E-state index in [2.05, 4.69) is 27.7 Å². The average Bonchev–Trinajstić information content (AvgIpc) is 2.63. The number of carbonyl (C=O) groups excluding carboxylic acids is 2. The Kier molecular flexibility index (Phi) is 9.96. The third kappa shape index (κ3) is 6.91. The Morgan fingerprint density at radius 1 is 1.17 bits per heavy atom. The first-order chi connectivity index (χ1) is 13.5. The topological polar surface area (TPSA) is 70.3 Å². The van der Waals surface area contributed by atoms with Crippen LogP contribution in [0, 0.1) is 21.9 Å². The number of ether oxygens (including phenoxy) is 1. The fraction of sp³-hybridized carbons (Fsp3) is 0.727. The van der Waals surface area contributed by atoms with Crippen LogP contribution in [0.5, 0.6) is 0 Å². The van der Waals surface area contributed by atoms with E-state index in [1.54, 1.807) is 12.3 Å². The van der Waals surface area contributed by atoms with Crippen molar-refractivity contribution in [3.8, 4) is 0 Å². The minimum Gasteiger partial charge on any atom is -0.465 e. The van der Waals surface area contributed by atoms with Crippen molar-refractivity contribution in [2.24, 2.45) is 17.3 Å². The largest absolute Gasteiger partial charge is 0.465 e. The predicted molar refractivity (Wildman–Crippen MR) is 118 cm³/mol. The van der Waals surface area contributed by atoms with Crippen molar-refractivity contribution < 1.29 is 14.3 Å². The first kappa shape index (κ1) is 25.3. The molecule has 6 nitrogen and oxygen atoms in total. The molecule has 1 aromatic heterocycles. The number of esters is 1. The Hall–Kier alpha value is -1.76. The summed E-state index contributed by atoms with van der Waals surface area (Å²) in [6.07, 6.45) is 4.68. The fourth-order valence-electron chi connectivity index (χ4n) is 3.38. The van der Waals surface area contributed by atoms with Gasteiger partial charge in [-0.1, -0.05) is 39.9 Å². The highest BCUT2D eigenvalue weighted by atomic mass is 32.1. The Bertz CT molecular complexity index is 810. The summed E-state index contributed by atoms with van der Waals surface area (Å²) in [7, 11) is 0. The van der Waals surface area contributed by atoms with E-state index < -0.39 is 11.1 Å². The van der Waals surface area contributed by atoms with Gasteiger partial charge in [0.05, 0.1) is 12.0 Å². The Morgan fingerprint density at radius 3 is 2.38 bits per heavy atom. The summed E-state index contributed by atoms with van der Waals surface area (Å²) < 4.78 is 8.29. The zero-order valence-electron chi connectivity index (χ0n) is 18.7. The minimum atomic E-state index is -0.479. The number of aryl methyl sites for hydroxylation is 1. The molecule has 0 fully saturated rings. The lowest BCUT2D eigenvalue weighted by Crippen LogP contribution is -2.36. The van der Waals surface area contributed by atoms with Gasteiger partial charge in [0.2, 0.25) is 5.91 Å². The quantitative estimate of drug-likeness (QED) is 0.288. The van der Waals surface area contributed by atoms with E-state index in [4.69, 9.17) is 17.0 Å². The van der Waals surface area contributed by atoms with Gasteiger partial charge in [-0.05, 0) is 57.4 Å². The molecular weight excluding hydrogens is 388 g/mol. The standard InChI is InChI=1S/C22H36N2O4S/c1-7-23-13-12-19(29)24(21(23)27)18(25)11-9-8-10-14-28-20(26)22(6,17(4)5)15-16(2)3/h12-13,16-17H,7-11,14-15H2,1-6H3. The molecule has 0 amide bonds. The molecule has 0 aromatic carbocycles. The van der Waals surface area contributed by atoms with E-state index in [1.807, 2.05) is 13.8 Å². The number of hydrogen-bond donors (Lipinski definition) is 0. The van der Waals surface area contributed by atoms with Gasteiger partial charge < -0.3 is 9.30 Å². The molecule has 0 saturated carbocycles. The smallest absolute Gasteiger partial charge is 0.336 e. The molecule has 0 spiro atoms. The Morgan fingerprint density at radius 2 is 1.83 bits per heavy atom. The van der Waals surface area contributed by atoms with Crippen LogP contribution < -0.4 is 5.69 Å². The van der Waals surface area contributed by atoms with Crippen molar-refractivity contribution in [3.63, 3.8) is 0 Å². The second kappa shape index (κ2) is 11.4. The van der Waals surface area contributed by atoms with E-state index in [0.717, 1.165) is 17.4 Å². The maximum absolute atomic E-state index is 12.6. The molecule has 1 atom stereocenters. The molecule has 1 unspecified atom stereocenters. The van der Waals surface area contributed by atoms with Gasteiger partial charge in [0, 0.05) is 19.2 Å². The molecule has 164 valence electrons. The predicted octanol–water partition coefficient (Wildman–Crippen LogP) is 4.85. The lowest BCUT2D eigenvalue weighted by atomic mass is 9.73. The molecular formula is C22H36N2O4S. The molecule has 0 N–H and O–H groups in total. The maximum Gasteiger partial charge on any atom is 0.336 e. The van der Waals surface area contributed by atoms with Gasteiger partial charge in [-0.15, -0.1) is 0 Å². The van der Waals surface area contributed by atoms with Crippen LogP contribution in [-0.4, -0.2) is 27.6 Å². The van der Waals surface area contributed by atoms with Crippen LogP contribution in [0.25, 0.3) is 0 Å². The fourth-order valence-corrected chi connectivity index (χ4v) is 3.63. The molecule has 1 heterocycles. The average molecular weight is 425 g/mol. The number of aromatic nitrogens is 2. The first-order valence-corrected chi connectivity index (χ1v) is 11.0. The second-order valence-electron chi connectivity index (χ2n) is 8.57. The number of hydrogen-bond acceptors (Lipinski definition) is 5. The maximum atomic E-state index is 12.6. The van der Waals surface area contributed by atoms with Crippen molar-refractivity contribution in [3.05, 3.63) is 27.4 Å². The molecule has 0 aliphatic heterocycles. The van der Waals surface area contributed by atoms with Crippen molar-refractivity contribution in [2.45, 2.75) is 80.2 Å². The van der Waals surface area contributed by atoms with Crippen LogP contribution in [0.3, 0.4) is 0 Å². The summed E-state index contributed by atoms with van der Waals surface area (Å²) in [5, 5.41) is 0. The van der Waals surface area contributed by atoms with Crippen LogP contribution in [0.2, 0.25) is 0 Å². The van der Waals surface area contributed by atoms with E-state index in [-0.39, 0.29) is 28.9 Å². The number of rotatable bonds is 11. The minimum absolute atomic E-state index is 0.145. The zero-order valence-corrected chi connectivity index (χ0v) is 19.5. The van der Waals surface area contributed by atoms with E-state index in [9.17, 15) is 14.4 Å². The lowest BCUT2D eigenvalue weighted by molar-refractivity contribution is -0.159. The van der Waals surface area contributed by atoms with E-state index >= 15 is 0 Å². The van der Waals surface area contributed by atoms with Crippen molar-refractivity contribution in [2.75, 3.05) is 6.61 Å². The van der Waals surface area contributed by atoms with Crippen LogP contribution in [-0.2, 0) is 16.1 Å². The molecule has 0 bridgehead atoms. The monoisotopic (exact) mass is 424 g/mol. The third-order valence-corrected chi connectivity index (χ3v) is 5.80. The van der Waals surface area contributed by atoms with Crippen LogP contribution in [0.15, 0.2) is 17.1 Å². The van der Waals surface area contributed by atoms with Crippen molar-refractivity contribution >= 4 is 24.1 Å². The number of unbranched alkanes of at least 4 members (excludes halogenated alkanes) is 2. The first-order valence-electron chi connectivity index (χ1n) is 10.6. The normalized spacial score (nSPS) is 13.5. The Balaban J connectivity index is 2.49. The SMILES string of the molecule is CCn1ccc(=S)n(C(=O)CCCCCOC(=O)C(C)(CC(C)C)C(C)C)c1=O. The van der Waals surface area contributed by atoms with Gasteiger partial charge in [0.1, 0.15) is 4.64 Å². The summed E-state index contributed by atoms with van der Waals surface area (Å²) in [5.41, 5.74) is -0.871. The second-order valence-corrected chi connectivity index (χ2v) is 8.99. The molecule has 0 saturated heterocycles. The van der Waals surface area contributed by atoms with Gasteiger partial charge in [-0.2, -0.15) is 0 Å². The summed E-state index contributed by atoms with van der Waals surface area (Å²) in [6.45, 7) is 13.0. The summed E-state index contributed by atoms with van der Waals surface area (Å²) >= 11 is 5.13. The van der Waals surface area contributed by atoms with Gasteiger partial charge in [0.25, 0.3) is 0 Å². The van der Waals surface area contributed by atoms with E-state index in [0.29, 0.717) is 31.9 Å². The van der Waals surface area contributed by atoms with Crippen LogP contribution in [0.1, 0.15) is 78.4 Å². The van der Waals surface area contributed by atoms with Gasteiger partial charge in [0.15, 0.2) is 0 Å². The summed E-state index contributed by atoms with van der Waals surface area (Å²) in [5.74, 6) is 0.192. The molecule has 7 heteroatoms. The van der Waals surface area contributed by atoms with Crippen molar-refractivity contribution in [1.29, 1.82) is 0 Å². The van der Waals surface area contributed by atoms with Gasteiger partial charge in [-0.3, -0.25) is 9.59 Å². The molecule has 1 aromatic rings. The van der Waals surface area contributed by atoms with E-state index in [1.165, 1.54) is 4.57 Å². The summed E-state index contributed by atoms with van der Waals surface area (Å²) in [6, 6.07) is 1.60. The highest BCUT2D eigenvalue weighted by molar-refractivity contribution is 7.71. The molecule has 29 heavy (non-hydrogen) atoms.